The summed E-state index contributed by atoms with van der Waals surface area (Å²) >= 11 is 0. The maximum Gasteiger partial charge on any atom is 0.120 e. The molecule has 0 aliphatic heterocycles. The first-order valence-corrected chi connectivity index (χ1v) is 7.74. The zero-order chi connectivity index (χ0) is 14.9. The molecule has 1 aliphatic carbocycles. The van der Waals surface area contributed by atoms with Crippen molar-refractivity contribution in [3.05, 3.63) is 65.2 Å². The van der Waals surface area contributed by atoms with Gasteiger partial charge >= 0.3 is 0 Å². The third kappa shape index (κ3) is 2.68. The van der Waals surface area contributed by atoms with E-state index in [1.165, 1.54) is 11.1 Å². The summed E-state index contributed by atoms with van der Waals surface area (Å²) in [5, 5.41) is 0. The maximum atomic E-state index is 6.84. The molecular weight excluding hydrogens is 258 g/mol. The molecule has 2 aromatic rings. The Morgan fingerprint density at radius 2 is 1.90 bits per heavy atom. The molecule has 0 radical (unpaired) electrons. The van der Waals surface area contributed by atoms with Crippen LogP contribution in [0.15, 0.2) is 48.5 Å². The molecule has 0 saturated heterocycles. The van der Waals surface area contributed by atoms with Gasteiger partial charge in [0.15, 0.2) is 0 Å². The van der Waals surface area contributed by atoms with Crippen molar-refractivity contribution >= 4 is 0 Å². The largest absolute Gasteiger partial charge is 0.491 e. The first kappa shape index (κ1) is 14.2. The lowest BCUT2D eigenvalue weighted by molar-refractivity contribution is 0.241. The summed E-state index contributed by atoms with van der Waals surface area (Å²) in [5.41, 5.74) is 10.2. The van der Waals surface area contributed by atoms with Gasteiger partial charge < -0.3 is 10.5 Å². The topological polar surface area (TPSA) is 35.2 Å². The molecule has 2 nitrogen and oxygen atoms in total. The molecule has 21 heavy (non-hydrogen) atoms. The van der Waals surface area contributed by atoms with Crippen molar-refractivity contribution in [3.63, 3.8) is 0 Å². The monoisotopic (exact) mass is 281 g/mol. The summed E-state index contributed by atoms with van der Waals surface area (Å²) in [6, 6.07) is 16.8. The zero-order valence-corrected chi connectivity index (χ0v) is 12.8. The van der Waals surface area contributed by atoms with Gasteiger partial charge in [-0.25, -0.2) is 0 Å². The Kier molecular flexibility index (Phi) is 3.73. The van der Waals surface area contributed by atoms with Crippen LogP contribution in [0.3, 0.4) is 0 Å². The molecular formula is C19H23NO. The van der Waals surface area contributed by atoms with Crippen LogP contribution in [0, 0.1) is 0 Å². The van der Waals surface area contributed by atoms with Crippen molar-refractivity contribution in [1.29, 1.82) is 0 Å². The lowest BCUT2D eigenvalue weighted by Crippen LogP contribution is -2.41. The van der Waals surface area contributed by atoms with Gasteiger partial charge in [-0.15, -0.1) is 0 Å². The van der Waals surface area contributed by atoms with Gasteiger partial charge in [-0.2, -0.15) is 0 Å². The van der Waals surface area contributed by atoms with E-state index >= 15 is 0 Å². The van der Waals surface area contributed by atoms with E-state index in [1.807, 2.05) is 26.0 Å². The molecule has 1 unspecified atom stereocenters. The SMILES string of the molecule is CC(C)Oc1cccc(C2(N)CCCc3ccccc32)c1. The second-order valence-corrected chi connectivity index (χ2v) is 6.18. The first-order valence-electron chi connectivity index (χ1n) is 7.74. The van der Waals surface area contributed by atoms with E-state index in [1.54, 1.807) is 0 Å². The van der Waals surface area contributed by atoms with Crippen LogP contribution in [0.5, 0.6) is 5.75 Å². The first-order chi connectivity index (χ1) is 10.1. The van der Waals surface area contributed by atoms with Gasteiger partial charge in [0, 0.05) is 0 Å². The van der Waals surface area contributed by atoms with E-state index in [0.29, 0.717) is 0 Å². The minimum Gasteiger partial charge on any atom is -0.491 e. The predicted octanol–water partition coefficient (Wildman–Crippen LogP) is 4.01. The van der Waals surface area contributed by atoms with Crippen molar-refractivity contribution < 1.29 is 4.74 Å². The molecule has 0 saturated carbocycles. The summed E-state index contributed by atoms with van der Waals surface area (Å²) < 4.78 is 5.82. The Hall–Kier alpha value is -1.80. The molecule has 1 aliphatic rings. The van der Waals surface area contributed by atoms with Gasteiger partial charge in [0.05, 0.1) is 11.6 Å². The molecule has 110 valence electrons. The molecule has 3 rings (SSSR count). The second-order valence-electron chi connectivity index (χ2n) is 6.18. The van der Waals surface area contributed by atoms with Gasteiger partial charge in [0.2, 0.25) is 0 Å². The van der Waals surface area contributed by atoms with E-state index < -0.39 is 5.54 Å². The van der Waals surface area contributed by atoms with Crippen LogP contribution < -0.4 is 10.5 Å². The third-order valence-corrected chi connectivity index (χ3v) is 4.24. The third-order valence-electron chi connectivity index (χ3n) is 4.24. The van der Waals surface area contributed by atoms with Crippen LogP contribution in [-0.4, -0.2) is 6.10 Å². The second kappa shape index (κ2) is 5.53. The van der Waals surface area contributed by atoms with Crippen molar-refractivity contribution in [2.75, 3.05) is 0 Å². The highest BCUT2D eigenvalue weighted by atomic mass is 16.5. The Morgan fingerprint density at radius 1 is 1.10 bits per heavy atom. The Bertz CT molecular complexity index is 635. The molecule has 0 bridgehead atoms. The lowest BCUT2D eigenvalue weighted by Gasteiger charge is -2.36. The summed E-state index contributed by atoms with van der Waals surface area (Å²) in [5.74, 6) is 0.898. The molecule has 0 aromatic heterocycles. The van der Waals surface area contributed by atoms with Crippen LogP contribution in [0.4, 0.5) is 0 Å². The predicted molar refractivity (Wildman–Crippen MR) is 86.6 cm³/mol. The molecule has 1 atom stereocenters. The van der Waals surface area contributed by atoms with Crippen molar-refractivity contribution in [3.8, 4) is 5.75 Å². The minimum absolute atomic E-state index is 0.174. The maximum absolute atomic E-state index is 6.84. The van der Waals surface area contributed by atoms with E-state index in [4.69, 9.17) is 10.5 Å². The summed E-state index contributed by atoms with van der Waals surface area (Å²) in [6.07, 6.45) is 3.41. The van der Waals surface area contributed by atoms with Crippen LogP contribution in [-0.2, 0) is 12.0 Å². The van der Waals surface area contributed by atoms with E-state index in [9.17, 15) is 0 Å². The highest BCUT2D eigenvalue weighted by Gasteiger charge is 2.34. The molecule has 0 amide bonds. The molecule has 0 heterocycles. The summed E-state index contributed by atoms with van der Waals surface area (Å²) in [6.45, 7) is 4.08. The quantitative estimate of drug-likeness (QED) is 0.922. The van der Waals surface area contributed by atoms with E-state index in [-0.39, 0.29) is 6.10 Å². The number of hydrogen-bond acceptors (Lipinski definition) is 2. The van der Waals surface area contributed by atoms with Crippen molar-refractivity contribution in [1.82, 2.24) is 0 Å². The Labute approximate surface area is 126 Å². The molecule has 0 spiro atoms. The highest BCUT2D eigenvalue weighted by molar-refractivity contribution is 5.46. The fourth-order valence-corrected chi connectivity index (χ4v) is 3.28. The summed E-state index contributed by atoms with van der Waals surface area (Å²) in [7, 11) is 0. The number of ether oxygens (including phenoxy) is 1. The van der Waals surface area contributed by atoms with Gasteiger partial charge in [-0.05, 0) is 61.9 Å². The van der Waals surface area contributed by atoms with Crippen LogP contribution in [0.25, 0.3) is 0 Å². The van der Waals surface area contributed by atoms with Crippen LogP contribution >= 0.6 is 0 Å². The number of rotatable bonds is 3. The number of hydrogen-bond donors (Lipinski definition) is 1. The van der Waals surface area contributed by atoms with E-state index in [2.05, 4.69) is 36.4 Å². The van der Waals surface area contributed by atoms with Gasteiger partial charge in [-0.3, -0.25) is 0 Å². The highest BCUT2D eigenvalue weighted by Crippen LogP contribution is 2.39. The molecule has 2 heteroatoms. The Balaban J connectivity index is 2.04. The van der Waals surface area contributed by atoms with E-state index in [0.717, 1.165) is 30.6 Å². The van der Waals surface area contributed by atoms with Crippen molar-refractivity contribution in [2.24, 2.45) is 5.73 Å². The average Bonchev–Trinajstić information content (AvgIpc) is 2.47. The lowest BCUT2D eigenvalue weighted by atomic mass is 9.73. The molecule has 2 aromatic carbocycles. The van der Waals surface area contributed by atoms with Crippen molar-refractivity contribution in [2.45, 2.75) is 44.8 Å². The molecule has 0 fully saturated rings. The van der Waals surface area contributed by atoms with Crippen LogP contribution in [0.1, 0.15) is 43.4 Å². The van der Waals surface area contributed by atoms with Crippen LogP contribution in [0.2, 0.25) is 0 Å². The van der Waals surface area contributed by atoms with Gasteiger partial charge in [-0.1, -0.05) is 36.4 Å². The fourth-order valence-electron chi connectivity index (χ4n) is 3.28. The standard InChI is InChI=1S/C19H23NO/c1-14(2)21-17-10-5-9-16(13-17)19(20)12-6-8-15-7-3-4-11-18(15)19/h3-5,7,9-11,13-14H,6,8,12,20H2,1-2H3. The smallest absolute Gasteiger partial charge is 0.120 e. The number of benzene rings is 2. The van der Waals surface area contributed by atoms with Gasteiger partial charge in [0.25, 0.3) is 0 Å². The Morgan fingerprint density at radius 3 is 2.71 bits per heavy atom. The summed E-state index contributed by atoms with van der Waals surface area (Å²) in [4.78, 5) is 0. The molecule has 2 N–H and O–H groups in total. The average molecular weight is 281 g/mol. The normalized spacial score (nSPS) is 21.1. The zero-order valence-electron chi connectivity index (χ0n) is 12.8. The number of fused-ring (bicyclic) bond motifs is 1. The minimum atomic E-state index is -0.398. The number of aryl methyl sites for hydroxylation is 1. The number of nitrogens with two attached hydrogens (primary N) is 1. The fraction of sp³-hybridized carbons (Fsp3) is 0.368. The van der Waals surface area contributed by atoms with Gasteiger partial charge in [0.1, 0.15) is 5.75 Å².